The number of anilines is 1. The summed E-state index contributed by atoms with van der Waals surface area (Å²) in [6, 6.07) is 6.02. The molecule has 2 atom stereocenters. The molecule has 2 unspecified atom stereocenters. The molecule has 1 aliphatic heterocycles. The fourth-order valence-corrected chi connectivity index (χ4v) is 3.09. The molecule has 0 aromatic heterocycles. The lowest BCUT2D eigenvalue weighted by Gasteiger charge is -2.18. The fraction of sp³-hybridized carbons (Fsp3) is 0.579. The lowest BCUT2D eigenvalue weighted by molar-refractivity contribution is -0.132. The van der Waals surface area contributed by atoms with Gasteiger partial charge in [0.1, 0.15) is 5.92 Å². The van der Waals surface area contributed by atoms with Gasteiger partial charge in [-0.1, -0.05) is 19.9 Å². The first-order valence-corrected chi connectivity index (χ1v) is 8.65. The van der Waals surface area contributed by atoms with Crippen LogP contribution >= 0.6 is 0 Å². The SMILES string of the molecule is Cc1cc(C)cc(N2CCC(C(=O)NCCC(O)C(C)C)C2=O)c1. The van der Waals surface area contributed by atoms with Gasteiger partial charge in [0.15, 0.2) is 0 Å². The summed E-state index contributed by atoms with van der Waals surface area (Å²) >= 11 is 0. The molecular formula is C19H28N2O3. The maximum absolute atomic E-state index is 12.6. The first-order valence-electron chi connectivity index (χ1n) is 8.65. The minimum Gasteiger partial charge on any atom is -0.393 e. The molecule has 1 aliphatic rings. The third-order valence-electron chi connectivity index (χ3n) is 4.55. The van der Waals surface area contributed by atoms with Crippen LogP contribution in [0.15, 0.2) is 18.2 Å². The van der Waals surface area contributed by atoms with Crippen molar-refractivity contribution in [3.8, 4) is 0 Å². The topological polar surface area (TPSA) is 69.6 Å². The highest BCUT2D eigenvalue weighted by atomic mass is 16.3. The number of carbonyl (C=O) groups is 2. The Morgan fingerprint density at radius 2 is 1.92 bits per heavy atom. The number of carbonyl (C=O) groups excluding carboxylic acids is 2. The van der Waals surface area contributed by atoms with Crippen LogP contribution in [0.5, 0.6) is 0 Å². The van der Waals surface area contributed by atoms with Crippen LogP contribution in [0, 0.1) is 25.7 Å². The lowest BCUT2D eigenvalue weighted by atomic mass is 10.0. The molecule has 0 radical (unpaired) electrons. The van der Waals surface area contributed by atoms with Crippen LogP contribution in [-0.2, 0) is 9.59 Å². The highest BCUT2D eigenvalue weighted by Gasteiger charge is 2.37. The molecule has 2 amide bonds. The van der Waals surface area contributed by atoms with Crippen molar-refractivity contribution in [3.63, 3.8) is 0 Å². The Morgan fingerprint density at radius 1 is 1.29 bits per heavy atom. The van der Waals surface area contributed by atoms with Gasteiger partial charge in [0.25, 0.3) is 0 Å². The zero-order valence-electron chi connectivity index (χ0n) is 15.0. The van der Waals surface area contributed by atoms with E-state index in [-0.39, 0.29) is 17.7 Å². The standard InChI is InChI=1S/C19H28N2O3/c1-12(2)17(22)5-7-20-18(23)16-6-8-21(19(16)24)15-10-13(3)9-14(4)11-15/h9-12,16-17,22H,5-8H2,1-4H3,(H,20,23). The van der Waals surface area contributed by atoms with Gasteiger partial charge in [-0.2, -0.15) is 0 Å². The number of rotatable bonds is 6. The van der Waals surface area contributed by atoms with Gasteiger partial charge in [-0.3, -0.25) is 9.59 Å². The Bertz CT molecular complexity index is 592. The minimum atomic E-state index is -0.623. The van der Waals surface area contributed by atoms with Crippen molar-refractivity contribution in [2.24, 2.45) is 11.8 Å². The van der Waals surface area contributed by atoms with E-state index in [2.05, 4.69) is 11.4 Å². The van der Waals surface area contributed by atoms with Crippen molar-refractivity contribution in [1.29, 1.82) is 0 Å². The van der Waals surface area contributed by atoms with E-state index in [0.717, 1.165) is 16.8 Å². The molecule has 5 heteroatoms. The summed E-state index contributed by atoms with van der Waals surface area (Å²) in [7, 11) is 0. The Kier molecular flexibility index (Phi) is 5.99. The smallest absolute Gasteiger partial charge is 0.239 e. The molecule has 0 spiro atoms. The van der Waals surface area contributed by atoms with Crippen LogP contribution in [0.3, 0.4) is 0 Å². The molecule has 24 heavy (non-hydrogen) atoms. The molecule has 2 rings (SSSR count). The molecular weight excluding hydrogens is 304 g/mol. The minimum absolute atomic E-state index is 0.137. The molecule has 1 saturated heterocycles. The second kappa shape index (κ2) is 7.79. The van der Waals surface area contributed by atoms with E-state index < -0.39 is 12.0 Å². The zero-order valence-corrected chi connectivity index (χ0v) is 15.0. The normalized spacial score (nSPS) is 19.0. The van der Waals surface area contributed by atoms with Crippen LogP contribution in [0.4, 0.5) is 5.69 Å². The second-order valence-electron chi connectivity index (χ2n) is 7.07. The number of aliphatic hydroxyl groups is 1. The molecule has 1 aromatic carbocycles. The summed E-state index contributed by atoms with van der Waals surface area (Å²) < 4.78 is 0. The molecule has 1 fully saturated rings. The van der Waals surface area contributed by atoms with Gasteiger partial charge in [0.2, 0.25) is 11.8 Å². The summed E-state index contributed by atoms with van der Waals surface area (Å²) in [5.74, 6) is -0.832. The summed E-state index contributed by atoms with van der Waals surface area (Å²) in [5, 5.41) is 12.6. The summed E-state index contributed by atoms with van der Waals surface area (Å²) in [4.78, 5) is 26.6. The van der Waals surface area contributed by atoms with Gasteiger partial charge in [-0.15, -0.1) is 0 Å². The van der Waals surface area contributed by atoms with Crippen molar-refractivity contribution in [1.82, 2.24) is 5.32 Å². The number of amides is 2. The van der Waals surface area contributed by atoms with Crippen LogP contribution in [0.2, 0.25) is 0 Å². The zero-order chi connectivity index (χ0) is 17.9. The highest BCUT2D eigenvalue weighted by Crippen LogP contribution is 2.27. The Balaban J connectivity index is 1.94. The third-order valence-corrected chi connectivity index (χ3v) is 4.55. The first kappa shape index (κ1) is 18.5. The van der Waals surface area contributed by atoms with Crippen LogP contribution < -0.4 is 10.2 Å². The quantitative estimate of drug-likeness (QED) is 0.785. The lowest BCUT2D eigenvalue weighted by Crippen LogP contribution is -2.38. The van der Waals surface area contributed by atoms with Crippen molar-refractivity contribution in [2.45, 2.75) is 46.6 Å². The predicted molar refractivity (Wildman–Crippen MR) is 94.8 cm³/mol. The number of hydrogen-bond donors (Lipinski definition) is 2. The molecule has 0 saturated carbocycles. The molecule has 5 nitrogen and oxygen atoms in total. The molecule has 0 bridgehead atoms. The van der Waals surface area contributed by atoms with Crippen LogP contribution in [-0.4, -0.2) is 36.1 Å². The molecule has 132 valence electrons. The number of aryl methyl sites for hydroxylation is 2. The monoisotopic (exact) mass is 332 g/mol. The van der Waals surface area contributed by atoms with Crippen molar-refractivity contribution < 1.29 is 14.7 Å². The maximum atomic E-state index is 12.6. The van der Waals surface area contributed by atoms with Crippen LogP contribution in [0.1, 0.15) is 37.8 Å². The van der Waals surface area contributed by atoms with E-state index >= 15 is 0 Å². The van der Waals surface area contributed by atoms with E-state index in [1.54, 1.807) is 4.90 Å². The van der Waals surface area contributed by atoms with E-state index in [0.29, 0.717) is 25.9 Å². The molecule has 1 aromatic rings. The maximum Gasteiger partial charge on any atom is 0.239 e. The van der Waals surface area contributed by atoms with E-state index in [4.69, 9.17) is 0 Å². The van der Waals surface area contributed by atoms with E-state index in [1.165, 1.54) is 0 Å². The third kappa shape index (κ3) is 4.35. The van der Waals surface area contributed by atoms with Gasteiger partial charge in [-0.05, 0) is 55.9 Å². The molecule has 0 aliphatic carbocycles. The summed E-state index contributed by atoms with van der Waals surface area (Å²) in [6.07, 6.45) is 0.603. The molecule has 1 heterocycles. The fourth-order valence-electron chi connectivity index (χ4n) is 3.09. The Morgan fingerprint density at radius 3 is 2.50 bits per heavy atom. The first-order chi connectivity index (χ1) is 11.3. The number of nitrogens with zero attached hydrogens (tertiary/aromatic N) is 1. The number of hydrogen-bond acceptors (Lipinski definition) is 3. The number of aliphatic hydroxyl groups excluding tert-OH is 1. The number of nitrogens with one attached hydrogen (secondary N) is 1. The van der Waals surface area contributed by atoms with Gasteiger partial charge in [-0.25, -0.2) is 0 Å². The van der Waals surface area contributed by atoms with Crippen LogP contribution in [0.25, 0.3) is 0 Å². The Hall–Kier alpha value is -1.88. The second-order valence-corrected chi connectivity index (χ2v) is 7.07. The number of benzene rings is 1. The van der Waals surface area contributed by atoms with E-state index in [9.17, 15) is 14.7 Å². The van der Waals surface area contributed by atoms with Crippen molar-refractivity contribution >= 4 is 17.5 Å². The molecule has 2 N–H and O–H groups in total. The average molecular weight is 332 g/mol. The van der Waals surface area contributed by atoms with Gasteiger partial charge >= 0.3 is 0 Å². The summed E-state index contributed by atoms with van der Waals surface area (Å²) in [6.45, 7) is 8.84. The van der Waals surface area contributed by atoms with Gasteiger partial charge < -0.3 is 15.3 Å². The predicted octanol–water partition coefficient (Wildman–Crippen LogP) is 2.18. The van der Waals surface area contributed by atoms with Crippen molar-refractivity contribution in [2.75, 3.05) is 18.0 Å². The van der Waals surface area contributed by atoms with Gasteiger partial charge in [0.05, 0.1) is 6.10 Å². The van der Waals surface area contributed by atoms with Gasteiger partial charge in [0, 0.05) is 18.8 Å². The van der Waals surface area contributed by atoms with E-state index in [1.807, 2.05) is 39.8 Å². The Labute approximate surface area is 144 Å². The average Bonchev–Trinajstić information content (AvgIpc) is 2.87. The highest BCUT2D eigenvalue weighted by molar-refractivity contribution is 6.09. The summed E-state index contributed by atoms with van der Waals surface area (Å²) in [5.41, 5.74) is 3.07. The largest absolute Gasteiger partial charge is 0.393 e. The van der Waals surface area contributed by atoms with Crippen molar-refractivity contribution in [3.05, 3.63) is 29.3 Å².